The topological polar surface area (TPSA) is 98.2 Å². The molecule has 1 fully saturated rings. The number of nitrogens with one attached hydrogen (secondary N) is 1. The number of nitrogens with two attached hydrogens (primary N) is 2. The van der Waals surface area contributed by atoms with Crippen LogP contribution in [0.15, 0.2) is 0 Å². The van der Waals surface area contributed by atoms with Crippen LogP contribution in [0, 0.1) is 5.92 Å². The summed E-state index contributed by atoms with van der Waals surface area (Å²) >= 11 is 0. The highest BCUT2D eigenvalue weighted by molar-refractivity contribution is 7.89. The van der Waals surface area contributed by atoms with Crippen molar-refractivity contribution < 1.29 is 8.42 Å². The summed E-state index contributed by atoms with van der Waals surface area (Å²) in [6.45, 7) is 1.42. The molecule has 0 aromatic heterocycles. The van der Waals surface area contributed by atoms with Gasteiger partial charge in [-0.15, -0.1) is 0 Å². The molecule has 5 nitrogen and oxygen atoms in total. The van der Waals surface area contributed by atoms with E-state index in [1.165, 1.54) is 19.3 Å². The third-order valence-corrected chi connectivity index (χ3v) is 4.08. The fourth-order valence-corrected chi connectivity index (χ4v) is 2.87. The molecule has 16 heavy (non-hydrogen) atoms. The van der Waals surface area contributed by atoms with Crippen LogP contribution in [0.2, 0.25) is 0 Å². The van der Waals surface area contributed by atoms with Gasteiger partial charge >= 0.3 is 0 Å². The third kappa shape index (κ3) is 5.25. The van der Waals surface area contributed by atoms with E-state index in [1.807, 2.05) is 0 Å². The molecule has 1 aliphatic carbocycles. The van der Waals surface area contributed by atoms with Gasteiger partial charge in [-0.2, -0.15) is 0 Å². The number of primary sulfonamides is 1. The van der Waals surface area contributed by atoms with Crippen LogP contribution in [0.25, 0.3) is 0 Å². The molecule has 6 heteroatoms. The van der Waals surface area contributed by atoms with Crippen molar-refractivity contribution in [2.45, 2.75) is 38.1 Å². The van der Waals surface area contributed by atoms with Gasteiger partial charge in [-0.05, 0) is 38.3 Å². The summed E-state index contributed by atoms with van der Waals surface area (Å²) in [5.41, 5.74) is 5.71. The van der Waals surface area contributed by atoms with Gasteiger partial charge in [0.15, 0.2) is 0 Å². The predicted octanol–water partition coefficient (Wildman–Crippen LogP) is -0.228. The van der Waals surface area contributed by atoms with Gasteiger partial charge in [0, 0.05) is 6.04 Å². The Morgan fingerprint density at radius 1 is 1.25 bits per heavy atom. The Morgan fingerprint density at radius 3 is 2.56 bits per heavy atom. The van der Waals surface area contributed by atoms with Crippen molar-refractivity contribution in [1.82, 2.24) is 5.32 Å². The number of rotatable bonds is 6. The molecule has 0 aromatic carbocycles. The van der Waals surface area contributed by atoms with Crippen LogP contribution in [0.1, 0.15) is 32.1 Å². The Morgan fingerprint density at radius 2 is 1.94 bits per heavy atom. The van der Waals surface area contributed by atoms with Crippen molar-refractivity contribution in [1.29, 1.82) is 0 Å². The van der Waals surface area contributed by atoms with Gasteiger partial charge in [-0.25, -0.2) is 13.6 Å². The van der Waals surface area contributed by atoms with Gasteiger partial charge in [-0.3, -0.25) is 0 Å². The van der Waals surface area contributed by atoms with Gasteiger partial charge in [0.1, 0.15) is 0 Å². The van der Waals surface area contributed by atoms with Gasteiger partial charge in [-0.1, -0.05) is 12.8 Å². The van der Waals surface area contributed by atoms with Gasteiger partial charge in [0.05, 0.1) is 5.75 Å². The standard InChI is InChI=1S/C10H23N3O2S/c11-8-9-4-1-2-5-10(9)13-6-3-7-16(12,14)15/h9-10,13H,1-8,11H2,(H2,12,14,15). The summed E-state index contributed by atoms with van der Waals surface area (Å²) in [6, 6.07) is 0.458. The highest BCUT2D eigenvalue weighted by Crippen LogP contribution is 2.23. The molecule has 0 heterocycles. The molecule has 5 N–H and O–H groups in total. The minimum atomic E-state index is -3.31. The maximum absolute atomic E-state index is 10.7. The smallest absolute Gasteiger partial charge is 0.209 e. The first-order chi connectivity index (χ1) is 7.53. The van der Waals surface area contributed by atoms with E-state index in [4.69, 9.17) is 10.9 Å². The second-order valence-corrected chi connectivity index (χ2v) is 6.30. The average molecular weight is 249 g/mol. The zero-order valence-electron chi connectivity index (χ0n) is 9.69. The summed E-state index contributed by atoms with van der Waals surface area (Å²) in [6.07, 6.45) is 5.41. The largest absolute Gasteiger partial charge is 0.330 e. The molecule has 0 amide bonds. The van der Waals surface area contributed by atoms with Crippen LogP contribution >= 0.6 is 0 Å². The molecule has 0 saturated heterocycles. The summed E-state index contributed by atoms with van der Waals surface area (Å²) in [5.74, 6) is 0.600. The fourth-order valence-electron chi connectivity index (χ4n) is 2.32. The molecular formula is C10H23N3O2S. The van der Waals surface area contributed by atoms with Crippen LogP contribution in [-0.2, 0) is 10.0 Å². The summed E-state index contributed by atoms with van der Waals surface area (Å²) in [7, 11) is -3.31. The van der Waals surface area contributed by atoms with Gasteiger partial charge in [0.25, 0.3) is 0 Å². The lowest BCUT2D eigenvalue weighted by Gasteiger charge is -2.31. The highest BCUT2D eigenvalue weighted by Gasteiger charge is 2.22. The number of hydrogen-bond acceptors (Lipinski definition) is 4. The minimum Gasteiger partial charge on any atom is -0.330 e. The van der Waals surface area contributed by atoms with Crippen molar-refractivity contribution in [3.05, 3.63) is 0 Å². The van der Waals surface area contributed by atoms with Gasteiger partial charge in [0.2, 0.25) is 10.0 Å². The third-order valence-electron chi connectivity index (χ3n) is 3.22. The Hall–Kier alpha value is -0.170. The monoisotopic (exact) mass is 249 g/mol. The van der Waals surface area contributed by atoms with Crippen LogP contribution in [-0.4, -0.2) is 33.3 Å². The minimum absolute atomic E-state index is 0.0556. The Labute approximate surface area is 98.0 Å². The van der Waals surface area contributed by atoms with E-state index in [2.05, 4.69) is 5.32 Å². The summed E-state index contributed by atoms with van der Waals surface area (Å²) in [4.78, 5) is 0. The predicted molar refractivity (Wildman–Crippen MR) is 65.4 cm³/mol. The normalized spacial score (nSPS) is 26.9. The Balaban J connectivity index is 2.20. The molecule has 1 aliphatic rings. The second kappa shape index (κ2) is 6.54. The number of hydrogen-bond donors (Lipinski definition) is 3. The van der Waals surface area contributed by atoms with Crippen molar-refractivity contribution >= 4 is 10.0 Å². The van der Waals surface area contributed by atoms with Crippen LogP contribution in [0.4, 0.5) is 0 Å². The van der Waals surface area contributed by atoms with Crippen molar-refractivity contribution in [2.75, 3.05) is 18.8 Å². The zero-order chi connectivity index (χ0) is 12.0. The maximum Gasteiger partial charge on any atom is 0.209 e. The molecule has 0 bridgehead atoms. The van der Waals surface area contributed by atoms with E-state index in [0.717, 1.165) is 6.42 Å². The van der Waals surface area contributed by atoms with Crippen LogP contribution in [0.5, 0.6) is 0 Å². The van der Waals surface area contributed by atoms with E-state index < -0.39 is 10.0 Å². The maximum atomic E-state index is 10.7. The van der Waals surface area contributed by atoms with Gasteiger partial charge < -0.3 is 11.1 Å². The molecule has 0 radical (unpaired) electrons. The zero-order valence-corrected chi connectivity index (χ0v) is 10.5. The molecule has 2 atom stereocenters. The quantitative estimate of drug-likeness (QED) is 0.566. The first-order valence-corrected chi connectivity index (χ1v) is 7.68. The first-order valence-electron chi connectivity index (χ1n) is 5.97. The van der Waals surface area contributed by atoms with E-state index in [9.17, 15) is 8.42 Å². The molecule has 2 unspecified atom stereocenters. The van der Waals surface area contributed by atoms with Crippen molar-refractivity contribution in [3.8, 4) is 0 Å². The molecule has 0 aliphatic heterocycles. The Bertz CT molecular complexity index is 292. The summed E-state index contributed by atoms with van der Waals surface area (Å²) in [5, 5.41) is 8.33. The second-order valence-electron chi connectivity index (χ2n) is 4.56. The molecule has 1 rings (SSSR count). The number of sulfonamides is 1. The molecular weight excluding hydrogens is 226 g/mol. The van der Waals surface area contributed by atoms with Crippen molar-refractivity contribution in [2.24, 2.45) is 16.8 Å². The van der Waals surface area contributed by atoms with Crippen molar-refractivity contribution in [3.63, 3.8) is 0 Å². The molecule has 0 aromatic rings. The fraction of sp³-hybridized carbons (Fsp3) is 1.00. The lowest BCUT2D eigenvalue weighted by molar-refractivity contribution is 0.269. The van der Waals surface area contributed by atoms with E-state index in [1.54, 1.807) is 0 Å². The van der Waals surface area contributed by atoms with E-state index in [-0.39, 0.29) is 5.75 Å². The SMILES string of the molecule is NCC1CCCCC1NCCCS(N)(=O)=O. The highest BCUT2D eigenvalue weighted by atomic mass is 32.2. The van der Waals surface area contributed by atoms with E-state index in [0.29, 0.717) is 31.5 Å². The first kappa shape index (κ1) is 13.9. The molecule has 0 spiro atoms. The summed E-state index contributed by atoms with van der Waals surface area (Å²) < 4.78 is 21.5. The lowest BCUT2D eigenvalue weighted by atomic mass is 9.84. The average Bonchev–Trinajstić information content (AvgIpc) is 2.23. The lowest BCUT2D eigenvalue weighted by Crippen LogP contribution is -2.42. The van der Waals surface area contributed by atoms with Crippen LogP contribution in [0.3, 0.4) is 0 Å². The molecule has 96 valence electrons. The Kier molecular flexibility index (Phi) is 5.68. The van der Waals surface area contributed by atoms with Crippen LogP contribution < -0.4 is 16.2 Å². The van der Waals surface area contributed by atoms with E-state index >= 15 is 0 Å². The molecule has 1 saturated carbocycles.